The Hall–Kier alpha value is -2.56. The Morgan fingerprint density at radius 2 is 1.87 bits per heavy atom. The van der Waals surface area contributed by atoms with Crippen LogP contribution >= 0.6 is 0 Å². The monoisotopic (exact) mass is 328 g/mol. The number of nitrogens with zero attached hydrogens (tertiary/aromatic N) is 4. The fraction of sp³-hybridized carbons (Fsp3) is 0.667. The predicted molar refractivity (Wildman–Crippen MR) is 75.7 cm³/mol. The largest absolute Gasteiger partial charge is 0.468 e. The quantitative estimate of drug-likeness (QED) is 0.568. The van der Waals surface area contributed by atoms with Crippen molar-refractivity contribution in [1.82, 2.24) is 25.5 Å². The molecule has 128 valence electrons. The zero-order valence-corrected chi connectivity index (χ0v) is 13.3. The molecule has 0 saturated carbocycles. The summed E-state index contributed by atoms with van der Waals surface area (Å²) in [6.07, 6.45) is -0.953. The molecule has 11 heteroatoms. The Bertz CT molecular complexity index is 574. The van der Waals surface area contributed by atoms with E-state index in [0.717, 1.165) is 4.68 Å². The van der Waals surface area contributed by atoms with Crippen LogP contribution in [0.5, 0.6) is 0 Å². The lowest BCUT2D eigenvalue weighted by molar-refractivity contribution is -0.145. The summed E-state index contributed by atoms with van der Waals surface area (Å²) in [6.45, 7) is 3.19. The van der Waals surface area contributed by atoms with Crippen molar-refractivity contribution in [1.29, 1.82) is 0 Å². The zero-order chi connectivity index (χ0) is 17.6. The van der Waals surface area contributed by atoms with Gasteiger partial charge in [-0.1, -0.05) is 6.92 Å². The van der Waals surface area contributed by atoms with Crippen LogP contribution in [-0.4, -0.2) is 58.3 Å². The van der Waals surface area contributed by atoms with E-state index in [2.05, 4.69) is 30.3 Å². The third-order valence-electron chi connectivity index (χ3n) is 3.17. The minimum atomic E-state index is -1.31. The van der Waals surface area contributed by atoms with Gasteiger partial charge in [-0.15, -0.1) is 5.10 Å². The third-order valence-corrected chi connectivity index (χ3v) is 3.17. The number of tetrazole rings is 1. The minimum Gasteiger partial charge on any atom is -0.468 e. The van der Waals surface area contributed by atoms with Gasteiger partial charge in [-0.2, -0.15) is 0 Å². The molecule has 1 heterocycles. The van der Waals surface area contributed by atoms with Crippen LogP contribution in [0, 0.1) is 0 Å². The van der Waals surface area contributed by atoms with Crippen LogP contribution in [0.2, 0.25) is 0 Å². The van der Waals surface area contributed by atoms with Gasteiger partial charge >= 0.3 is 11.9 Å². The molecular weight excluding hydrogens is 308 g/mol. The number of nitrogens with one attached hydrogen (secondary N) is 1. The number of nitrogens with two attached hydrogens (primary N) is 1. The maximum Gasteiger partial charge on any atom is 0.328 e. The smallest absolute Gasteiger partial charge is 0.328 e. The Kier molecular flexibility index (Phi) is 6.57. The second-order valence-electron chi connectivity index (χ2n) is 4.66. The number of methoxy groups -OCH3 is 2. The maximum atomic E-state index is 12.1. The summed E-state index contributed by atoms with van der Waals surface area (Å²) < 4.78 is 10.2. The van der Waals surface area contributed by atoms with Gasteiger partial charge in [-0.05, 0) is 23.8 Å². The lowest BCUT2D eigenvalue weighted by atomic mass is 10.1. The van der Waals surface area contributed by atoms with Crippen molar-refractivity contribution in [3.63, 3.8) is 0 Å². The van der Waals surface area contributed by atoms with Gasteiger partial charge in [0.15, 0.2) is 12.0 Å². The molecule has 1 aromatic rings. The third kappa shape index (κ3) is 4.22. The van der Waals surface area contributed by atoms with Gasteiger partial charge in [-0.25, -0.2) is 9.48 Å². The summed E-state index contributed by atoms with van der Waals surface area (Å²) in [7, 11) is 2.44. The number of esters is 2. The molecule has 11 nitrogen and oxygen atoms in total. The molecule has 0 radical (unpaired) electrons. The van der Waals surface area contributed by atoms with E-state index in [9.17, 15) is 14.4 Å². The highest BCUT2D eigenvalue weighted by Gasteiger charge is 2.31. The van der Waals surface area contributed by atoms with Crippen LogP contribution < -0.4 is 11.1 Å². The van der Waals surface area contributed by atoms with E-state index in [0.29, 0.717) is 6.42 Å². The highest BCUT2D eigenvalue weighted by atomic mass is 16.5. The zero-order valence-electron chi connectivity index (χ0n) is 13.3. The second-order valence-corrected chi connectivity index (χ2v) is 4.66. The summed E-state index contributed by atoms with van der Waals surface area (Å²) in [5, 5.41) is 13.2. The molecule has 0 aliphatic rings. The Morgan fingerprint density at radius 1 is 1.26 bits per heavy atom. The summed E-state index contributed by atoms with van der Waals surface area (Å²) in [5.74, 6) is -2.52. The molecule has 1 aromatic heterocycles. The van der Waals surface area contributed by atoms with Gasteiger partial charge in [0.25, 0.3) is 5.91 Å². The summed E-state index contributed by atoms with van der Waals surface area (Å²) in [5.41, 5.74) is 5.81. The van der Waals surface area contributed by atoms with Gasteiger partial charge in [0, 0.05) is 0 Å². The Balaban J connectivity index is 2.95. The molecule has 0 bridgehead atoms. The van der Waals surface area contributed by atoms with Gasteiger partial charge in [0.2, 0.25) is 0 Å². The van der Waals surface area contributed by atoms with E-state index < -0.39 is 36.0 Å². The molecule has 0 fully saturated rings. The molecule has 0 unspecified atom stereocenters. The van der Waals surface area contributed by atoms with Gasteiger partial charge in [-0.3, -0.25) is 9.59 Å². The standard InChI is InChI=1S/C12H20N6O5/c1-5-7(12(21)23-4)9-15-16-17-18(9)8(13)10(19)14-6(2)11(20)22-3/h6-8H,5,13H2,1-4H3,(H,14,19)/t6-,7+,8+/m1/s1. The lowest BCUT2D eigenvalue weighted by Crippen LogP contribution is -2.46. The molecule has 1 amide bonds. The number of amides is 1. The number of ether oxygens (including phenoxy) is 2. The normalized spacial score (nSPS) is 14.5. The first-order chi connectivity index (χ1) is 10.9. The first-order valence-corrected chi connectivity index (χ1v) is 6.86. The van der Waals surface area contributed by atoms with Crippen LogP contribution in [0.25, 0.3) is 0 Å². The van der Waals surface area contributed by atoms with E-state index in [1.807, 2.05) is 0 Å². The molecule has 0 aromatic carbocycles. The van der Waals surface area contributed by atoms with Gasteiger partial charge in [0.05, 0.1) is 14.2 Å². The number of carbonyl (C=O) groups is 3. The molecule has 0 spiro atoms. The first-order valence-electron chi connectivity index (χ1n) is 6.86. The van der Waals surface area contributed by atoms with Crippen LogP contribution in [0.15, 0.2) is 0 Å². The topological polar surface area (TPSA) is 151 Å². The van der Waals surface area contributed by atoms with E-state index >= 15 is 0 Å². The van der Waals surface area contributed by atoms with Crippen LogP contribution in [0.1, 0.15) is 38.2 Å². The summed E-state index contributed by atoms with van der Waals surface area (Å²) >= 11 is 0. The molecule has 3 N–H and O–H groups in total. The Morgan fingerprint density at radius 3 is 2.39 bits per heavy atom. The van der Waals surface area contributed by atoms with Crippen molar-refractivity contribution in [2.45, 2.75) is 38.4 Å². The summed E-state index contributed by atoms with van der Waals surface area (Å²) in [6, 6.07) is -0.888. The van der Waals surface area contributed by atoms with E-state index in [-0.39, 0.29) is 5.82 Å². The van der Waals surface area contributed by atoms with E-state index in [1.165, 1.54) is 21.1 Å². The lowest BCUT2D eigenvalue weighted by Gasteiger charge is -2.18. The molecular formula is C12H20N6O5. The van der Waals surface area contributed by atoms with Crippen molar-refractivity contribution in [2.75, 3.05) is 14.2 Å². The van der Waals surface area contributed by atoms with Gasteiger partial charge < -0.3 is 20.5 Å². The SMILES string of the molecule is CC[C@H](C(=O)OC)c1nnnn1[C@H](N)C(=O)N[C@H](C)C(=O)OC. The van der Waals surface area contributed by atoms with Crippen LogP contribution in [0.4, 0.5) is 0 Å². The number of hydrogen-bond acceptors (Lipinski definition) is 9. The van der Waals surface area contributed by atoms with E-state index in [4.69, 9.17) is 5.73 Å². The fourth-order valence-corrected chi connectivity index (χ4v) is 1.87. The van der Waals surface area contributed by atoms with Gasteiger partial charge in [0.1, 0.15) is 12.0 Å². The second kappa shape index (κ2) is 8.17. The average Bonchev–Trinajstić information content (AvgIpc) is 3.02. The highest BCUT2D eigenvalue weighted by Crippen LogP contribution is 2.19. The first kappa shape index (κ1) is 18.5. The number of carbonyl (C=O) groups excluding carboxylic acids is 3. The minimum absolute atomic E-state index is 0.104. The molecule has 23 heavy (non-hydrogen) atoms. The van der Waals surface area contributed by atoms with Crippen molar-refractivity contribution in [3.8, 4) is 0 Å². The van der Waals surface area contributed by atoms with Crippen LogP contribution in [-0.2, 0) is 23.9 Å². The van der Waals surface area contributed by atoms with Crippen molar-refractivity contribution in [3.05, 3.63) is 5.82 Å². The van der Waals surface area contributed by atoms with E-state index in [1.54, 1.807) is 6.92 Å². The Labute approximate surface area is 132 Å². The molecule has 0 saturated heterocycles. The van der Waals surface area contributed by atoms with Crippen molar-refractivity contribution >= 4 is 17.8 Å². The molecule has 0 aliphatic carbocycles. The van der Waals surface area contributed by atoms with Crippen molar-refractivity contribution in [2.24, 2.45) is 5.73 Å². The highest BCUT2D eigenvalue weighted by molar-refractivity contribution is 5.86. The molecule has 3 atom stereocenters. The number of hydrogen-bond donors (Lipinski definition) is 2. The number of rotatable bonds is 7. The molecule has 1 rings (SSSR count). The van der Waals surface area contributed by atoms with Crippen LogP contribution in [0.3, 0.4) is 0 Å². The fourth-order valence-electron chi connectivity index (χ4n) is 1.87. The van der Waals surface area contributed by atoms with Crippen molar-refractivity contribution < 1.29 is 23.9 Å². The predicted octanol–water partition coefficient (Wildman–Crippen LogP) is -1.53. The maximum absolute atomic E-state index is 12.1. The average molecular weight is 328 g/mol. The number of aromatic nitrogens is 4. The summed E-state index contributed by atoms with van der Waals surface area (Å²) in [4.78, 5) is 35.2. The molecule has 0 aliphatic heterocycles.